The molecule has 1 aliphatic rings. The van der Waals surface area contributed by atoms with Crippen LogP contribution in [0, 0.1) is 6.92 Å². The summed E-state index contributed by atoms with van der Waals surface area (Å²) in [4.78, 5) is 13.2. The lowest BCUT2D eigenvalue weighted by Gasteiger charge is -2.16. The van der Waals surface area contributed by atoms with Crippen molar-refractivity contribution in [1.82, 2.24) is 4.90 Å². The minimum absolute atomic E-state index is 0.0157. The summed E-state index contributed by atoms with van der Waals surface area (Å²) in [7, 11) is 0. The largest absolute Gasteiger partial charge is 0.399 e. The van der Waals surface area contributed by atoms with Crippen LogP contribution in [0.25, 0.3) is 0 Å². The Morgan fingerprint density at radius 3 is 2.88 bits per heavy atom. The van der Waals surface area contributed by atoms with Gasteiger partial charge in [-0.3, -0.25) is 4.79 Å². The van der Waals surface area contributed by atoms with Gasteiger partial charge in [-0.15, -0.1) is 0 Å². The van der Waals surface area contributed by atoms with E-state index in [1.54, 1.807) is 4.90 Å². The van der Waals surface area contributed by atoms with E-state index in [0.717, 1.165) is 16.8 Å². The van der Waals surface area contributed by atoms with Crippen molar-refractivity contribution >= 4 is 11.6 Å². The molecule has 1 aliphatic heterocycles. The summed E-state index contributed by atoms with van der Waals surface area (Å²) in [6.07, 6.45) is -0.268. The minimum Gasteiger partial charge on any atom is -0.399 e. The molecule has 1 amide bonds. The molecule has 3 N–H and O–H groups in total. The first-order valence-corrected chi connectivity index (χ1v) is 5.37. The number of nitrogen functional groups attached to an aromatic ring is 1. The van der Waals surface area contributed by atoms with Gasteiger partial charge in [0, 0.05) is 18.8 Å². The molecule has 0 radical (unpaired) electrons. The summed E-state index contributed by atoms with van der Waals surface area (Å²) in [5.41, 5.74) is 8.55. The van der Waals surface area contributed by atoms with E-state index in [-0.39, 0.29) is 12.3 Å². The first-order valence-electron chi connectivity index (χ1n) is 5.37. The number of hydrogen-bond acceptors (Lipinski definition) is 3. The molecule has 1 heterocycles. The predicted octanol–water partition coefficient (Wildman–Crippen LogP) is 0.670. The maximum Gasteiger partial charge on any atom is 0.225 e. The van der Waals surface area contributed by atoms with Gasteiger partial charge in [0.05, 0.1) is 12.5 Å². The summed E-state index contributed by atoms with van der Waals surface area (Å²) in [5, 5.41) is 9.36. The summed E-state index contributed by atoms with van der Waals surface area (Å²) in [5.74, 6) is 0.0157. The van der Waals surface area contributed by atoms with Gasteiger partial charge in [-0.1, -0.05) is 12.1 Å². The number of benzene rings is 1. The van der Waals surface area contributed by atoms with Crippen molar-refractivity contribution in [2.75, 3.05) is 12.3 Å². The van der Waals surface area contributed by atoms with E-state index in [0.29, 0.717) is 13.1 Å². The highest BCUT2D eigenvalue weighted by atomic mass is 16.3. The zero-order valence-electron chi connectivity index (χ0n) is 9.31. The van der Waals surface area contributed by atoms with E-state index in [1.807, 2.05) is 25.1 Å². The van der Waals surface area contributed by atoms with E-state index in [4.69, 9.17) is 5.73 Å². The molecule has 1 unspecified atom stereocenters. The van der Waals surface area contributed by atoms with Gasteiger partial charge in [-0.2, -0.15) is 0 Å². The van der Waals surface area contributed by atoms with Crippen molar-refractivity contribution < 1.29 is 9.90 Å². The number of hydrogen-bond donors (Lipinski definition) is 2. The Kier molecular flexibility index (Phi) is 2.83. The number of carbonyl (C=O) groups is 1. The van der Waals surface area contributed by atoms with Gasteiger partial charge in [-0.05, 0) is 24.1 Å². The summed E-state index contributed by atoms with van der Waals surface area (Å²) >= 11 is 0. The highest BCUT2D eigenvalue weighted by molar-refractivity contribution is 5.79. The van der Waals surface area contributed by atoms with Gasteiger partial charge in [0.15, 0.2) is 0 Å². The molecule has 1 aromatic rings. The van der Waals surface area contributed by atoms with Gasteiger partial charge in [-0.25, -0.2) is 0 Å². The van der Waals surface area contributed by atoms with Crippen molar-refractivity contribution in [3.05, 3.63) is 29.3 Å². The van der Waals surface area contributed by atoms with Crippen LogP contribution in [0.3, 0.4) is 0 Å². The topological polar surface area (TPSA) is 66.6 Å². The maximum absolute atomic E-state index is 11.5. The van der Waals surface area contributed by atoms with Gasteiger partial charge >= 0.3 is 0 Å². The first-order chi connectivity index (χ1) is 7.56. The van der Waals surface area contributed by atoms with Crippen LogP contribution in [-0.4, -0.2) is 28.6 Å². The highest BCUT2D eigenvalue weighted by Crippen LogP contribution is 2.18. The Morgan fingerprint density at radius 2 is 2.31 bits per heavy atom. The lowest BCUT2D eigenvalue weighted by Crippen LogP contribution is -2.25. The van der Waals surface area contributed by atoms with Crippen LogP contribution in [0.4, 0.5) is 5.69 Å². The average Bonchev–Trinajstić information content (AvgIpc) is 2.51. The second-order valence-electron chi connectivity index (χ2n) is 4.32. The molecule has 4 heteroatoms. The maximum atomic E-state index is 11.5. The molecule has 1 fully saturated rings. The van der Waals surface area contributed by atoms with Crippen LogP contribution in [0.1, 0.15) is 17.5 Å². The molecule has 1 atom stereocenters. The molecule has 0 aromatic heterocycles. The quantitative estimate of drug-likeness (QED) is 0.720. The third-order valence-corrected chi connectivity index (χ3v) is 2.90. The Bertz CT molecular complexity index is 417. The van der Waals surface area contributed by atoms with Crippen molar-refractivity contribution in [3.8, 4) is 0 Å². The summed E-state index contributed by atoms with van der Waals surface area (Å²) in [6, 6.07) is 5.75. The van der Waals surface area contributed by atoms with E-state index >= 15 is 0 Å². The Morgan fingerprint density at radius 1 is 1.56 bits per heavy atom. The average molecular weight is 220 g/mol. The lowest BCUT2D eigenvalue weighted by molar-refractivity contribution is -0.128. The van der Waals surface area contributed by atoms with Crippen LogP contribution in [-0.2, 0) is 11.3 Å². The van der Waals surface area contributed by atoms with Crippen molar-refractivity contribution in [2.24, 2.45) is 0 Å². The monoisotopic (exact) mass is 220 g/mol. The number of aliphatic hydroxyl groups excluding tert-OH is 1. The number of nitrogens with two attached hydrogens (primary N) is 1. The Balaban J connectivity index is 2.09. The minimum atomic E-state index is -0.512. The molecule has 16 heavy (non-hydrogen) atoms. The van der Waals surface area contributed by atoms with Gasteiger partial charge in [0.1, 0.15) is 0 Å². The molecule has 0 spiro atoms. The van der Waals surface area contributed by atoms with Gasteiger partial charge in [0.2, 0.25) is 5.91 Å². The second-order valence-corrected chi connectivity index (χ2v) is 4.32. The van der Waals surface area contributed by atoms with E-state index in [1.165, 1.54) is 0 Å². The molecule has 1 aromatic carbocycles. The zero-order valence-corrected chi connectivity index (χ0v) is 9.31. The smallest absolute Gasteiger partial charge is 0.225 e. The fourth-order valence-electron chi connectivity index (χ4n) is 1.96. The number of anilines is 1. The van der Waals surface area contributed by atoms with Gasteiger partial charge in [0.25, 0.3) is 0 Å². The molecule has 0 saturated carbocycles. The number of carbonyl (C=O) groups excluding carboxylic acids is 1. The number of aliphatic hydroxyl groups is 1. The third-order valence-electron chi connectivity index (χ3n) is 2.90. The SMILES string of the molecule is Cc1cc(CN2CC(O)CC2=O)ccc1N. The van der Waals surface area contributed by atoms with E-state index in [2.05, 4.69) is 0 Å². The van der Waals surface area contributed by atoms with Crippen LogP contribution in [0.2, 0.25) is 0 Å². The molecule has 0 aliphatic carbocycles. The van der Waals surface area contributed by atoms with E-state index in [9.17, 15) is 9.90 Å². The fourth-order valence-corrected chi connectivity index (χ4v) is 1.96. The second kappa shape index (κ2) is 4.14. The number of likely N-dealkylation sites (tertiary alicyclic amines) is 1. The Hall–Kier alpha value is -1.55. The van der Waals surface area contributed by atoms with Crippen molar-refractivity contribution in [2.45, 2.75) is 26.0 Å². The van der Waals surface area contributed by atoms with Crippen LogP contribution in [0.15, 0.2) is 18.2 Å². The number of aryl methyl sites for hydroxylation is 1. The zero-order chi connectivity index (χ0) is 11.7. The molecule has 1 saturated heterocycles. The van der Waals surface area contributed by atoms with Gasteiger partial charge < -0.3 is 15.7 Å². The number of rotatable bonds is 2. The number of β-amino-alcohol motifs (C(OH)–C–C–N with tert-alkyl or cyclic N) is 1. The molecule has 4 nitrogen and oxygen atoms in total. The lowest BCUT2D eigenvalue weighted by atomic mass is 10.1. The molecular weight excluding hydrogens is 204 g/mol. The van der Waals surface area contributed by atoms with Crippen LogP contribution in [0.5, 0.6) is 0 Å². The number of amides is 1. The van der Waals surface area contributed by atoms with E-state index < -0.39 is 6.10 Å². The van der Waals surface area contributed by atoms with Crippen LogP contribution < -0.4 is 5.73 Å². The summed E-state index contributed by atoms with van der Waals surface area (Å²) < 4.78 is 0. The third kappa shape index (κ3) is 2.17. The van der Waals surface area contributed by atoms with Crippen LogP contribution >= 0.6 is 0 Å². The first kappa shape index (κ1) is 11.0. The molecule has 2 rings (SSSR count). The highest BCUT2D eigenvalue weighted by Gasteiger charge is 2.27. The molecule has 86 valence electrons. The standard InChI is InChI=1S/C12H16N2O2/c1-8-4-9(2-3-11(8)13)6-14-7-10(15)5-12(14)16/h2-4,10,15H,5-7,13H2,1H3. The molecule has 0 bridgehead atoms. The van der Waals surface area contributed by atoms with Crippen molar-refractivity contribution in [1.29, 1.82) is 0 Å². The fraction of sp³-hybridized carbons (Fsp3) is 0.417. The predicted molar refractivity (Wildman–Crippen MR) is 61.6 cm³/mol. The summed E-state index contributed by atoms with van der Waals surface area (Å²) in [6.45, 7) is 2.93. The Labute approximate surface area is 94.7 Å². The van der Waals surface area contributed by atoms with Crippen molar-refractivity contribution in [3.63, 3.8) is 0 Å². The molecular formula is C12H16N2O2. The normalized spacial score (nSPS) is 20.5. The number of nitrogens with zero attached hydrogens (tertiary/aromatic N) is 1.